The summed E-state index contributed by atoms with van der Waals surface area (Å²) < 4.78 is 6.93. The molecular weight excluding hydrogens is 338 g/mol. The predicted octanol–water partition coefficient (Wildman–Crippen LogP) is 2.17. The Kier molecular flexibility index (Phi) is 5.43. The Morgan fingerprint density at radius 1 is 1.44 bits per heavy atom. The van der Waals surface area contributed by atoms with E-state index in [9.17, 15) is 9.59 Å². The van der Waals surface area contributed by atoms with Crippen LogP contribution in [0.3, 0.4) is 0 Å². The Balaban J connectivity index is 1.65. The number of thioether (sulfide) groups is 1. The van der Waals surface area contributed by atoms with Gasteiger partial charge in [0.05, 0.1) is 13.2 Å². The lowest BCUT2D eigenvalue weighted by molar-refractivity contribution is -0.121. The summed E-state index contributed by atoms with van der Waals surface area (Å²) in [6, 6.07) is 8.99. The molecule has 1 unspecified atom stereocenters. The number of aromatic nitrogens is 2. The summed E-state index contributed by atoms with van der Waals surface area (Å²) in [5, 5.41) is 3.62. The quantitative estimate of drug-likeness (QED) is 0.800. The van der Waals surface area contributed by atoms with Gasteiger partial charge in [-0.3, -0.25) is 14.2 Å². The minimum atomic E-state index is -0.149. The highest BCUT2D eigenvalue weighted by Gasteiger charge is 2.27. The summed E-state index contributed by atoms with van der Waals surface area (Å²) in [6.45, 7) is 2.37. The first-order valence-electron chi connectivity index (χ1n) is 8.26. The number of rotatable bonds is 6. The van der Waals surface area contributed by atoms with E-state index in [0.717, 1.165) is 23.4 Å². The minimum Gasteiger partial charge on any atom is -0.496 e. The average molecular weight is 359 g/mol. The lowest BCUT2D eigenvalue weighted by atomic mass is 10.2. The van der Waals surface area contributed by atoms with E-state index < -0.39 is 0 Å². The first-order chi connectivity index (χ1) is 12.1. The Labute approximate surface area is 150 Å². The molecule has 1 N–H and O–H groups in total. The van der Waals surface area contributed by atoms with Crippen LogP contribution in [0.1, 0.15) is 30.6 Å². The van der Waals surface area contributed by atoms with Crippen molar-refractivity contribution in [2.75, 3.05) is 12.9 Å². The topological polar surface area (TPSA) is 73.2 Å². The van der Waals surface area contributed by atoms with Crippen molar-refractivity contribution >= 4 is 17.7 Å². The van der Waals surface area contributed by atoms with Crippen LogP contribution in [0.5, 0.6) is 5.75 Å². The third kappa shape index (κ3) is 3.87. The van der Waals surface area contributed by atoms with Crippen molar-refractivity contribution in [3.63, 3.8) is 0 Å². The van der Waals surface area contributed by atoms with Crippen LogP contribution in [0.15, 0.2) is 40.3 Å². The van der Waals surface area contributed by atoms with Crippen LogP contribution in [0, 0.1) is 0 Å². The second-order valence-corrected chi connectivity index (χ2v) is 6.84. The third-order valence-corrected chi connectivity index (χ3v) is 5.29. The highest BCUT2D eigenvalue weighted by Crippen LogP contribution is 2.32. The molecular formula is C18H21N3O3S. The maximum atomic E-state index is 12.3. The van der Waals surface area contributed by atoms with E-state index in [4.69, 9.17) is 4.74 Å². The highest BCUT2D eigenvalue weighted by molar-refractivity contribution is 7.99. The van der Waals surface area contributed by atoms with Gasteiger partial charge in [0, 0.05) is 36.0 Å². The molecule has 25 heavy (non-hydrogen) atoms. The van der Waals surface area contributed by atoms with Gasteiger partial charge in [-0.1, -0.05) is 36.9 Å². The second kappa shape index (κ2) is 7.74. The van der Waals surface area contributed by atoms with Crippen molar-refractivity contribution < 1.29 is 9.53 Å². The van der Waals surface area contributed by atoms with Crippen LogP contribution < -0.4 is 15.6 Å². The van der Waals surface area contributed by atoms with E-state index in [1.807, 2.05) is 31.2 Å². The molecule has 132 valence electrons. The summed E-state index contributed by atoms with van der Waals surface area (Å²) >= 11 is 1.53. The zero-order chi connectivity index (χ0) is 17.8. The lowest BCUT2D eigenvalue weighted by Crippen LogP contribution is -2.30. The van der Waals surface area contributed by atoms with Crippen LogP contribution in [-0.4, -0.2) is 28.3 Å². The van der Waals surface area contributed by atoms with Gasteiger partial charge in [0.1, 0.15) is 5.75 Å². The Hall–Kier alpha value is -2.28. The highest BCUT2D eigenvalue weighted by atomic mass is 32.2. The van der Waals surface area contributed by atoms with Gasteiger partial charge in [-0.2, -0.15) is 0 Å². The molecule has 0 saturated carbocycles. The molecule has 1 aromatic heterocycles. The zero-order valence-electron chi connectivity index (χ0n) is 14.3. The molecule has 0 saturated heterocycles. The van der Waals surface area contributed by atoms with Crippen molar-refractivity contribution in [2.24, 2.45) is 0 Å². The molecule has 1 amide bonds. The molecule has 2 aromatic rings. The van der Waals surface area contributed by atoms with E-state index in [-0.39, 0.29) is 23.9 Å². The number of carbonyl (C=O) groups is 1. The number of aryl methyl sites for hydroxylation is 1. The fourth-order valence-electron chi connectivity index (χ4n) is 2.86. The molecule has 0 aliphatic carbocycles. The van der Waals surface area contributed by atoms with Crippen LogP contribution in [0.25, 0.3) is 0 Å². The van der Waals surface area contributed by atoms with Gasteiger partial charge in [0.15, 0.2) is 5.16 Å². The fraction of sp³-hybridized carbons (Fsp3) is 0.389. The van der Waals surface area contributed by atoms with Gasteiger partial charge in [-0.25, -0.2) is 4.98 Å². The number of nitrogens with zero attached hydrogens (tertiary/aromatic N) is 2. The standard InChI is InChI=1S/C18H21N3O3S/c1-3-13-8-17(23)21-14(11-25-18(21)20-13)9-16(22)19-10-12-6-4-5-7-15(12)24-2/h4-8,14H,3,9-11H2,1-2H3,(H,19,22). The molecule has 1 aromatic carbocycles. The first-order valence-corrected chi connectivity index (χ1v) is 9.24. The van der Waals surface area contributed by atoms with Crippen molar-refractivity contribution in [3.8, 4) is 5.75 Å². The Morgan fingerprint density at radius 3 is 3.00 bits per heavy atom. The number of methoxy groups -OCH3 is 1. The molecule has 1 aliphatic rings. The Morgan fingerprint density at radius 2 is 2.24 bits per heavy atom. The third-order valence-electron chi connectivity index (χ3n) is 4.19. The zero-order valence-corrected chi connectivity index (χ0v) is 15.1. The van der Waals surface area contributed by atoms with Gasteiger partial charge >= 0.3 is 0 Å². The monoisotopic (exact) mass is 359 g/mol. The summed E-state index contributed by atoms with van der Waals surface area (Å²) in [4.78, 5) is 29.1. The van der Waals surface area contributed by atoms with Gasteiger partial charge in [-0.05, 0) is 12.5 Å². The maximum Gasteiger partial charge on any atom is 0.254 e. The number of para-hydroxylation sites is 1. The minimum absolute atomic E-state index is 0.0746. The van der Waals surface area contributed by atoms with Crippen LogP contribution in [-0.2, 0) is 17.8 Å². The lowest BCUT2D eigenvalue weighted by Gasteiger charge is -2.14. The number of amides is 1. The van der Waals surface area contributed by atoms with Crippen molar-refractivity contribution in [1.29, 1.82) is 0 Å². The van der Waals surface area contributed by atoms with Crippen LogP contribution >= 0.6 is 11.8 Å². The number of nitrogens with one attached hydrogen (secondary N) is 1. The van der Waals surface area contributed by atoms with E-state index in [0.29, 0.717) is 17.5 Å². The number of benzene rings is 1. The number of hydrogen-bond donors (Lipinski definition) is 1. The average Bonchev–Trinajstić information content (AvgIpc) is 3.03. The smallest absolute Gasteiger partial charge is 0.254 e. The summed E-state index contributed by atoms with van der Waals surface area (Å²) in [5.41, 5.74) is 1.64. The van der Waals surface area contributed by atoms with Gasteiger partial charge in [0.25, 0.3) is 5.56 Å². The molecule has 2 heterocycles. The summed E-state index contributed by atoms with van der Waals surface area (Å²) in [7, 11) is 1.61. The van der Waals surface area contributed by atoms with Gasteiger partial charge in [-0.15, -0.1) is 0 Å². The molecule has 6 nitrogen and oxygen atoms in total. The van der Waals surface area contributed by atoms with Crippen LogP contribution in [0.2, 0.25) is 0 Å². The maximum absolute atomic E-state index is 12.3. The van der Waals surface area contributed by atoms with Crippen molar-refractivity contribution in [2.45, 2.75) is 37.5 Å². The van der Waals surface area contributed by atoms with E-state index in [1.165, 1.54) is 11.8 Å². The number of carbonyl (C=O) groups excluding carboxylic acids is 1. The van der Waals surface area contributed by atoms with Gasteiger partial charge in [0.2, 0.25) is 5.91 Å². The van der Waals surface area contributed by atoms with E-state index in [1.54, 1.807) is 17.7 Å². The second-order valence-electron chi connectivity index (χ2n) is 5.85. The SMILES string of the molecule is CCc1cc(=O)n2c(n1)SCC2CC(=O)NCc1ccccc1OC. The molecule has 0 radical (unpaired) electrons. The molecule has 0 bridgehead atoms. The van der Waals surface area contributed by atoms with E-state index in [2.05, 4.69) is 10.3 Å². The van der Waals surface area contributed by atoms with Crippen molar-refractivity contribution in [1.82, 2.24) is 14.9 Å². The molecule has 1 atom stereocenters. The molecule has 0 spiro atoms. The number of ether oxygens (including phenoxy) is 1. The molecule has 7 heteroatoms. The summed E-state index contributed by atoms with van der Waals surface area (Å²) in [5.74, 6) is 1.35. The van der Waals surface area contributed by atoms with Gasteiger partial charge < -0.3 is 10.1 Å². The fourth-order valence-corrected chi connectivity index (χ4v) is 4.03. The first kappa shape index (κ1) is 17.5. The van der Waals surface area contributed by atoms with Crippen LogP contribution in [0.4, 0.5) is 0 Å². The van der Waals surface area contributed by atoms with E-state index >= 15 is 0 Å². The number of hydrogen-bond acceptors (Lipinski definition) is 5. The normalized spacial score (nSPS) is 15.7. The summed E-state index contributed by atoms with van der Waals surface area (Å²) in [6.07, 6.45) is 0.996. The molecule has 3 rings (SSSR count). The largest absolute Gasteiger partial charge is 0.496 e. The Bertz CT molecular complexity index is 835. The number of fused-ring (bicyclic) bond motifs is 1. The van der Waals surface area contributed by atoms with Crippen molar-refractivity contribution in [3.05, 3.63) is 51.9 Å². The molecule has 1 aliphatic heterocycles. The predicted molar refractivity (Wildman–Crippen MR) is 97.1 cm³/mol. The molecule has 0 fully saturated rings.